The minimum Gasteiger partial charge on any atom is -0.394 e. The van der Waals surface area contributed by atoms with E-state index in [0.29, 0.717) is 5.41 Å². The van der Waals surface area contributed by atoms with E-state index in [1.54, 1.807) is 0 Å². The van der Waals surface area contributed by atoms with E-state index in [4.69, 9.17) is 0 Å². The van der Waals surface area contributed by atoms with Gasteiger partial charge in [0.05, 0.1) is 6.61 Å². The number of hydrogen-bond donors (Lipinski definition) is 2. The number of aliphatic hydroxyl groups excluding tert-OH is 1. The summed E-state index contributed by atoms with van der Waals surface area (Å²) in [5.74, 6) is 0. The van der Waals surface area contributed by atoms with E-state index in [9.17, 15) is 5.11 Å². The Hall–Kier alpha value is -0.120. The van der Waals surface area contributed by atoms with Gasteiger partial charge in [-0.2, -0.15) is 0 Å². The lowest BCUT2D eigenvalue weighted by Gasteiger charge is -2.41. The molecule has 18 heavy (non-hydrogen) atoms. The number of nitrogens with one attached hydrogen (secondary N) is 1. The van der Waals surface area contributed by atoms with Crippen molar-refractivity contribution in [1.29, 1.82) is 0 Å². The van der Waals surface area contributed by atoms with Crippen LogP contribution in [0.1, 0.15) is 52.4 Å². The van der Waals surface area contributed by atoms with Crippen molar-refractivity contribution in [2.75, 3.05) is 26.7 Å². The van der Waals surface area contributed by atoms with Gasteiger partial charge < -0.3 is 10.4 Å². The molecule has 106 valence electrons. The predicted molar refractivity (Wildman–Crippen MR) is 75.7 cm³/mol. The van der Waals surface area contributed by atoms with E-state index in [1.807, 2.05) is 0 Å². The lowest BCUT2D eigenvalue weighted by atomic mass is 9.84. The number of hydrogen-bond acceptors (Lipinski definition) is 3. The zero-order chi connectivity index (χ0) is 13.2. The summed E-state index contributed by atoms with van der Waals surface area (Å²) in [6.07, 6.45) is 8.18. The first-order chi connectivity index (χ1) is 8.47. The average Bonchev–Trinajstić information content (AvgIpc) is 3.07. The van der Waals surface area contributed by atoms with E-state index >= 15 is 0 Å². The molecule has 0 amide bonds. The van der Waals surface area contributed by atoms with Crippen LogP contribution in [0.25, 0.3) is 0 Å². The van der Waals surface area contributed by atoms with Crippen molar-refractivity contribution in [2.24, 2.45) is 5.41 Å². The Morgan fingerprint density at radius 1 is 1.28 bits per heavy atom. The van der Waals surface area contributed by atoms with Gasteiger partial charge in [0.25, 0.3) is 0 Å². The van der Waals surface area contributed by atoms with E-state index < -0.39 is 0 Å². The van der Waals surface area contributed by atoms with Gasteiger partial charge in [-0.05, 0) is 52.0 Å². The van der Waals surface area contributed by atoms with E-state index in [0.717, 1.165) is 12.6 Å². The summed E-state index contributed by atoms with van der Waals surface area (Å²) < 4.78 is 0. The third-order valence-corrected chi connectivity index (χ3v) is 5.00. The van der Waals surface area contributed by atoms with Crippen LogP contribution in [0.15, 0.2) is 0 Å². The Morgan fingerprint density at radius 2 is 1.89 bits per heavy atom. The molecule has 2 aliphatic carbocycles. The van der Waals surface area contributed by atoms with Gasteiger partial charge in [0, 0.05) is 24.7 Å². The van der Waals surface area contributed by atoms with Crippen LogP contribution in [0.2, 0.25) is 0 Å². The molecule has 0 spiro atoms. The van der Waals surface area contributed by atoms with Crippen molar-refractivity contribution >= 4 is 0 Å². The van der Waals surface area contributed by atoms with Crippen LogP contribution in [-0.4, -0.2) is 48.3 Å². The normalized spacial score (nSPS) is 23.8. The second-order valence-corrected chi connectivity index (χ2v) is 7.19. The van der Waals surface area contributed by atoms with E-state index in [2.05, 4.69) is 31.1 Å². The molecule has 0 aromatic heterocycles. The Kier molecular flexibility index (Phi) is 4.35. The van der Waals surface area contributed by atoms with Crippen molar-refractivity contribution in [3.05, 3.63) is 0 Å². The van der Waals surface area contributed by atoms with Gasteiger partial charge >= 0.3 is 0 Å². The van der Waals surface area contributed by atoms with Crippen LogP contribution in [0.4, 0.5) is 0 Å². The number of nitrogens with zero attached hydrogens (tertiary/aromatic N) is 1. The quantitative estimate of drug-likeness (QED) is 0.729. The van der Waals surface area contributed by atoms with Crippen LogP contribution in [-0.2, 0) is 0 Å². The molecule has 0 bridgehead atoms. The Balaban J connectivity index is 1.91. The first kappa shape index (κ1) is 14.3. The lowest BCUT2D eigenvalue weighted by Crippen LogP contribution is -2.51. The standard InChI is InChI=1S/C15H30N2O/c1-14(2,12-18)17(3)11-15(8-4-5-9-15)10-16-13-6-7-13/h13,16,18H,4-12H2,1-3H3. The number of likely N-dealkylation sites (N-methyl/N-ethyl adjacent to an activating group) is 1. The summed E-state index contributed by atoms with van der Waals surface area (Å²) in [5, 5.41) is 13.2. The summed E-state index contributed by atoms with van der Waals surface area (Å²) in [7, 11) is 2.16. The van der Waals surface area contributed by atoms with Crippen molar-refractivity contribution < 1.29 is 5.11 Å². The fraction of sp³-hybridized carbons (Fsp3) is 1.00. The molecule has 0 aromatic carbocycles. The van der Waals surface area contributed by atoms with Crippen LogP contribution in [0.5, 0.6) is 0 Å². The van der Waals surface area contributed by atoms with Gasteiger partial charge in [-0.3, -0.25) is 4.90 Å². The summed E-state index contributed by atoms with van der Waals surface area (Å²) >= 11 is 0. The van der Waals surface area contributed by atoms with E-state index in [1.165, 1.54) is 45.1 Å². The van der Waals surface area contributed by atoms with Gasteiger partial charge in [-0.25, -0.2) is 0 Å². The van der Waals surface area contributed by atoms with Crippen LogP contribution in [0.3, 0.4) is 0 Å². The molecule has 2 fully saturated rings. The van der Waals surface area contributed by atoms with Crippen LogP contribution < -0.4 is 5.32 Å². The molecule has 2 rings (SSSR count). The third kappa shape index (κ3) is 3.46. The molecule has 0 atom stereocenters. The smallest absolute Gasteiger partial charge is 0.0609 e. The molecule has 0 unspecified atom stereocenters. The maximum absolute atomic E-state index is 9.49. The highest BCUT2D eigenvalue weighted by Crippen LogP contribution is 2.39. The average molecular weight is 254 g/mol. The van der Waals surface area contributed by atoms with E-state index in [-0.39, 0.29) is 12.1 Å². The summed E-state index contributed by atoms with van der Waals surface area (Å²) in [6.45, 7) is 6.77. The Labute approximate surface area is 112 Å². The fourth-order valence-electron chi connectivity index (χ4n) is 3.00. The molecule has 2 saturated carbocycles. The van der Waals surface area contributed by atoms with Gasteiger partial charge in [0.15, 0.2) is 0 Å². The second kappa shape index (κ2) is 5.48. The van der Waals surface area contributed by atoms with Crippen molar-refractivity contribution in [2.45, 2.75) is 64.0 Å². The molecular formula is C15H30N2O. The highest BCUT2D eigenvalue weighted by atomic mass is 16.3. The molecule has 0 radical (unpaired) electrons. The highest BCUT2D eigenvalue weighted by Gasteiger charge is 2.38. The minimum absolute atomic E-state index is 0.102. The molecule has 2 aliphatic rings. The monoisotopic (exact) mass is 254 g/mol. The van der Waals surface area contributed by atoms with Gasteiger partial charge in [-0.1, -0.05) is 12.8 Å². The van der Waals surface area contributed by atoms with Crippen molar-refractivity contribution in [3.63, 3.8) is 0 Å². The summed E-state index contributed by atoms with van der Waals surface area (Å²) in [5.41, 5.74) is 0.346. The first-order valence-corrected chi connectivity index (χ1v) is 7.53. The first-order valence-electron chi connectivity index (χ1n) is 7.53. The third-order valence-electron chi connectivity index (χ3n) is 5.00. The lowest BCUT2D eigenvalue weighted by molar-refractivity contribution is 0.0415. The maximum atomic E-state index is 9.49. The zero-order valence-corrected chi connectivity index (χ0v) is 12.3. The maximum Gasteiger partial charge on any atom is 0.0609 e. The largest absolute Gasteiger partial charge is 0.394 e. The van der Waals surface area contributed by atoms with Crippen LogP contribution >= 0.6 is 0 Å². The van der Waals surface area contributed by atoms with Crippen molar-refractivity contribution in [1.82, 2.24) is 10.2 Å². The van der Waals surface area contributed by atoms with Gasteiger partial charge in [0.1, 0.15) is 0 Å². The Morgan fingerprint density at radius 3 is 2.39 bits per heavy atom. The number of aliphatic hydroxyl groups is 1. The zero-order valence-electron chi connectivity index (χ0n) is 12.3. The minimum atomic E-state index is -0.102. The number of rotatable bonds is 7. The van der Waals surface area contributed by atoms with Crippen molar-refractivity contribution in [3.8, 4) is 0 Å². The fourth-order valence-corrected chi connectivity index (χ4v) is 3.00. The predicted octanol–water partition coefficient (Wildman–Crippen LogP) is 2.00. The molecule has 0 aliphatic heterocycles. The molecular weight excluding hydrogens is 224 g/mol. The van der Waals surface area contributed by atoms with Gasteiger partial charge in [-0.15, -0.1) is 0 Å². The second-order valence-electron chi connectivity index (χ2n) is 7.19. The van der Waals surface area contributed by atoms with Crippen LogP contribution in [0, 0.1) is 5.41 Å². The van der Waals surface area contributed by atoms with Gasteiger partial charge in [0.2, 0.25) is 0 Å². The molecule has 0 heterocycles. The molecule has 2 N–H and O–H groups in total. The molecule has 3 nitrogen and oxygen atoms in total. The molecule has 0 saturated heterocycles. The Bertz CT molecular complexity index is 268. The SMILES string of the molecule is CN(CC1(CNC2CC2)CCCC1)C(C)(C)CO. The highest BCUT2D eigenvalue weighted by molar-refractivity contribution is 4.94. The summed E-state index contributed by atoms with van der Waals surface area (Å²) in [6, 6.07) is 0.804. The topological polar surface area (TPSA) is 35.5 Å². The molecule has 0 aromatic rings. The summed E-state index contributed by atoms with van der Waals surface area (Å²) in [4.78, 5) is 2.35. The molecule has 3 heteroatoms.